The third-order valence-corrected chi connectivity index (χ3v) is 2.33. The van der Waals surface area contributed by atoms with Crippen molar-refractivity contribution in [2.75, 3.05) is 0 Å². The molecule has 1 amide bonds. The van der Waals surface area contributed by atoms with Crippen LogP contribution < -0.4 is 5.32 Å². The molecule has 0 spiro atoms. The van der Waals surface area contributed by atoms with Crippen molar-refractivity contribution < 1.29 is 4.79 Å². The fourth-order valence-electron chi connectivity index (χ4n) is 1.53. The molecule has 0 aliphatic rings. The molecule has 0 radical (unpaired) electrons. The summed E-state index contributed by atoms with van der Waals surface area (Å²) in [5, 5.41) is 6.83. The third-order valence-electron chi connectivity index (χ3n) is 2.33. The summed E-state index contributed by atoms with van der Waals surface area (Å²) in [6.45, 7) is 2.48. The summed E-state index contributed by atoms with van der Waals surface area (Å²) in [5.74, 6) is 0.209. The first-order chi connectivity index (χ1) is 8.16. The predicted molar refractivity (Wildman–Crippen MR) is 60.2 cm³/mol. The Morgan fingerprint density at radius 3 is 3.00 bits per heavy atom. The van der Waals surface area contributed by atoms with Crippen LogP contribution in [0.15, 0.2) is 25.0 Å². The van der Waals surface area contributed by atoms with E-state index in [0.29, 0.717) is 12.4 Å². The highest BCUT2D eigenvalue weighted by atomic mass is 16.2. The number of carbonyl (C=O) groups is 1. The second kappa shape index (κ2) is 4.77. The minimum atomic E-state index is -0.190. The zero-order valence-electron chi connectivity index (χ0n) is 9.74. The molecule has 90 valence electrons. The van der Waals surface area contributed by atoms with Gasteiger partial charge in [-0.2, -0.15) is 5.10 Å². The van der Waals surface area contributed by atoms with Gasteiger partial charge < -0.3 is 9.88 Å². The van der Waals surface area contributed by atoms with Crippen molar-refractivity contribution in [3.8, 4) is 0 Å². The molecule has 1 atom stereocenters. The highest BCUT2D eigenvalue weighted by molar-refractivity contribution is 5.90. The molecule has 1 unspecified atom stereocenters. The summed E-state index contributed by atoms with van der Waals surface area (Å²) in [6, 6.07) is -0.0408. The van der Waals surface area contributed by atoms with Crippen LogP contribution in [-0.2, 0) is 13.6 Å². The predicted octanol–water partition coefficient (Wildman–Crippen LogP) is -0.170. The number of rotatable bonds is 4. The second-order valence-electron chi connectivity index (χ2n) is 3.85. The Kier molecular flexibility index (Phi) is 3.17. The number of nitrogens with one attached hydrogen (secondary N) is 1. The average molecular weight is 234 g/mol. The van der Waals surface area contributed by atoms with Gasteiger partial charge in [-0.1, -0.05) is 0 Å². The minimum Gasteiger partial charge on any atom is -0.345 e. The molecule has 0 saturated heterocycles. The molecule has 1 N–H and O–H groups in total. The van der Waals surface area contributed by atoms with Crippen molar-refractivity contribution in [2.24, 2.45) is 7.05 Å². The highest BCUT2D eigenvalue weighted by Gasteiger charge is 2.13. The molecule has 0 aromatic carbocycles. The van der Waals surface area contributed by atoms with Crippen molar-refractivity contribution >= 4 is 5.91 Å². The van der Waals surface area contributed by atoms with Crippen molar-refractivity contribution in [1.82, 2.24) is 29.6 Å². The van der Waals surface area contributed by atoms with E-state index in [2.05, 4.69) is 20.4 Å². The van der Waals surface area contributed by atoms with Crippen LogP contribution in [0.3, 0.4) is 0 Å². The average Bonchev–Trinajstić information content (AvgIpc) is 2.88. The van der Waals surface area contributed by atoms with E-state index in [-0.39, 0.29) is 11.9 Å². The molecule has 0 aliphatic carbocycles. The van der Waals surface area contributed by atoms with Gasteiger partial charge in [0.25, 0.3) is 5.91 Å². The second-order valence-corrected chi connectivity index (χ2v) is 3.85. The largest absolute Gasteiger partial charge is 0.345 e. The summed E-state index contributed by atoms with van der Waals surface area (Å²) < 4.78 is 3.35. The van der Waals surface area contributed by atoms with E-state index in [4.69, 9.17) is 0 Å². The molecule has 17 heavy (non-hydrogen) atoms. The Morgan fingerprint density at radius 1 is 1.59 bits per heavy atom. The van der Waals surface area contributed by atoms with Crippen molar-refractivity contribution in [1.29, 1.82) is 0 Å². The van der Waals surface area contributed by atoms with E-state index >= 15 is 0 Å². The molecule has 2 aromatic rings. The lowest BCUT2D eigenvalue weighted by molar-refractivity contribution is 0.0922. The third kappa shape index (κ3) is 2.68. The van der Waals surface area contributed by atoms with Gasteiger partial charge in [0.1, 0.15) is 12.7 Å². The van der Waals surface area contributed by atoms with E-state index in [9.17, 15) is 4.79 Å². The molecule has 0 fully saturated rings. The molecule has 2 heterocycles. The lowest BCUT2D eigenvalue weighted by Gasteiger charge is -2.13. The lowest BCUT2D eigenvalue weighted by atomic mass is 10.3. The first-order valence-corrected chi connectivity index (χ1v) is 5.27. The van der Waals surface area contributed by atoms with Gasteiger partial charge in [-0.3, -0.25) is 9.48 Å². The minimum absolute atomic E-state index is 0.0408. The standard InChI is InChI=1S/C10H14N6O/c1-8(5-16-7-11-6-13-16)14-10(17)9-12-3-4-15(9)2/h3-4,6-8H,5H2,1-2H3,(H,14,17). The van der Waals surface area contributed by atoms with E-state index in [1.165, 1.54) is 6.33 Å². The Balaban J connectivity index is 1.93. The number of nitrogens with zero attached hydrogens (tertiary/aromatic N) is 5. The Morgan fingerprint density at radius 2 is 2.41 bits per heavy atom. The maximum Gasteiger partial charge on any atom is 0.287 e. The number of imidazole rings is 1. The van der Waals surface area contributed by atoms with Crippen LogP contribution in [0.2, 0.25) is 0 Å². The van der Waals surface area contributed by atoms with E-state index in [0.717, 1.165) is 0 Å². The number of amides is 1. The topological polar surface area (TPSA) is 77.6 Å². The van der Waals surface area contributed by atoms with Gasteiger partial charge in [-0.05, 0) is 6.92 Å². The van der Waals surface area contributed by atoms with Gasteiger partial charge in [0, 0.05) is 25.5 Å². The Bertz CT molecular complexity index is 489. The highest BCUT2D eigenvalue weighted by Crippen LogP contribution is 1.96. The van der Waals surface area contributed by atoms with Crippen LogP contribution in [0, 0.1) is 0 Å². The van der Waals surface area contributed by atoms with Crippen LogP contribution >= 0.6 is 0 Å². The molecule has 0 bridgehead atoms. The van der Waals surface area contributed by atoms with Gasteiger partial charge in [0.05, 0.1) is 6.54 Å². The van der Waals surface area contributed by atoms with Crippen LogP contribution in [0.4, 0.5) is 0 Å². The molecule has 2 rings (SSSR count). The van der Waals surface area contributed by atoms with Crippen molar-refractivity contribution in [2.45, 2.75) is 19.5 Å². The molecule has 0 aliphatic heterocycles. The molecule has 2 aromatic heterocycles. The van der Waals surface area contributed by atoms with Crippen molar-refractivity contribution in [3.63, 3.8) is 0 Å². The monoisotopic (exact) mass is 234 g/mol. The van der Waals surface area contributed by atoms with Crippen LogP contribution in [0.1, 0.15) is 17.5 Å². The SMILES string of the molecule is CC(Cn1cncn1)NC(=O)c1nccn1C. The van der Waals surface area contributed by atoms with E-state index < -0.39 is 0 Å². The fourth-order valence-corrected chi connectivity index (χ4v) is 1.53. The van der Waals surface area contributed by atoms with Crippen LogP contribution in [-0.4, -0.2) is 36.3 Å². The number of aromatic nitrogens is 5. The summed E-state index contributed by atoms with van der Waals surface area (Å²) in [5.41, 5.74) is 0. The summed E-state index contributed by atoms with van der Waals surface area (Å²) in [4.78, 5) is 19.6. The molecule has 7 heteroatoms. The molecular formula is C10H14N6O. The molecule has 0 saturated carbocycles. The molecular weight excluding hydrogens is 220 g/mol. The normalized spacial score (nSPS) is 12.4. The van der Waals surface area contributed by atoms with Gasteiger partial charge in [0.15, 0.2) is 5.82 Å². The lowest BCUT2D eigenvalue weighted by Crippen LogP contribution is -2.37. The van der Waals surface area contributed by atoms with Gasteiger partial charge in [0.2, 0.25) is 0 Å². The summed E-state index contributed by atoms with van der Waals surface area (Å²) in [6.07, 6.45) is 6.41. The number of aryl methyl sites for hydroxylation is 1. The number of carbonyl (C=O) groups excluding carboxylic acids is 1. The zero-order valence-corrected chi connectivity index (χ0v) is 9.74. The van der Waals surface area contributed by atoms with Gasteiger partial charge in [-0.15, -0.1) is 0 Å². The maximum atomic E-state index is 11.8. The summed E-state index contributed by atoms with van der Waals surface area (Å²) >= 11 is 0. The van der Waals surface area contributed by atoms with E-state index in [1.807, 2.05) is 6.92 Å². The first-order valence-electron chi connectivity index (χ1n) is 5.27. The fraction of sp³-hybridized carbons (Fsp3) is 0.400. The van der Waals surface area contributed by atoms with E-state index in [1.54, 1.807) is 35.0 Å². The maximum absolute atomic E-state index is 11.8. The number of hydrogen-bond acceptors (Lipinski definition) is 4. The zero-order chi connectivity index (χ0) is 12.3. The smallest absolute Gasteiger partial charge is 0.287 e. The van der Waals surface area contributed by atoms with Gasteiger partial charge >= 0.3 is 0 Å². The van der Waals surface area contributed by atoms with Gasteiger partial charge in [-0.25, -0.2) is 9.97 Å². The quantitative estimate of drug-likeness (QED) is 0.796. The van der Waals surface area contributed by atoms with Crippen molar-refractivity contribution in [3.05, 3.63) is 30.9 Å². The molecule has 7 nitrogen and oxygen atoms in total. The van der Waals surface area contributed by atoms with Crippen LogP contribution in [0.5, 0.6) is 0 Å². The first kappa shape index (κ1) is 11.3. The Hall–Kier alpha value is -2.18. The number of hydrogen-bond donors (Lipinski definition) is 1. The van der Waals surface area contributed by atoms with Crippen LogP contribution in [0.25, 0.3) is 0 Å². The summed E-state index contributed by atoms with van der Waals surface area (Å²) in [7, 11) is 1.78. The Labute approximate surface area is 98.5 Å².